The van der Waals surface area contributed by atoms with E-state index >= 15 is 0 Å². The summed E-state index contributed by atoms with van der Waals surface area (Å²) in [4.78, 5) is 32.7. The van der Waals surface area contributed by atoms with Crippen LogP contribution in [-0.2, 0) is 16.1 Å². The number of carbonyl (C=O) groups is 2. The van der Waals surface area contributed by atoms with Crippen molar-refractivity contribution >= 4 is 40.1 Å². The van der Waals surface area contributed by atoms with Crippen LogP contribution in [-0.4, -0.2) is 48.1 Å². The van der Waals surface area contributed by atoms with Gasteiger partial charge in [-0.15, -0.1) is 0 Å². The van der Waals surface area contributed by atoms with Crippen LogP contribution in [0.25, 0.3) is 0 Å². The van der Waals surface area contributed by atoms with E-state index in [1.165, 1.54) is 18.9 Å². The first kappa shape index (κ1) is 24.5. The van der Waals surface area contributed by atoms with Gasteiger partial charge in [0, 0.05) is 6.42 Å². The summed E-state index contributed by atoms with van der Waals surface area (Å²) in [5.41, 5.74) is 2.08. The maximum atomic E-state index is 13.5. The van der Waals surface area contributed by atoms with Crippen molar-refractivity contribution in [2.45, 2.75) is 18.2 Å². The third kappa shape index (κ3) is 5.49. The fourth-order valence-corrected chi connectivity index (χ4v) is 5.13. The van der Waals surface area contributed by atoms with Crippen LogP contribution in [0.1, 0.15) is 12.0 Å². The van der Waals surface area contributed by atoms with E-state index in [0.717, 1.165) is 5.56 Å². The van der Waals surface area contributed by atoms with Crippen molar-refractivity contribution < 1.29 is 28.5 Å². The van der Waals surface area contributed by atoms with E-state index in [4.69, 9.17) is 23.9 Å². The number of rotatable bonds is 8. The minimum Gasteiger partial charge on any atom is -0.497 e. The monoisotopic (exact) mass is 519 g/mol. The zero-order valence-electron chi connectivity index (χ0n) is 20.3. The molecule has 5 rings (SSSR count). The molecule has 1 N–H and O–H groups in total. The molecule has 2 heterocycles. The Labute approximate surface area is 218 Å². The van der Waals surface area contributed by atoms with Crippen LogP contribution in [0.5, 0.6) is 23.0 Å². The van der Waals surface area contributed by atoms with Gasteiger partial charge in [0.15, 0.2) is 16.7 Å². The fourth-order valence-electron chi connectivity index (χ4n) is 3.98. The summed E-state index contributed by atoms with van der Waals surface area (Å²) < 4.78 is 21.4. The Hall–Kier alpha value is -4.18. The Kier molecular flexibility index (Phi) is 7.18. The largest absolute Gasteiger partial charge is 0.497 e. The van der Waals surface area contributed by atoms with Gasteiger partial charge in [0.05, 0.1) is 32.1 Å². The molecule has 2 aliphatic heterocycles. The lowest BCUT2D eigenvalue weighted by Gasteiger charge is -2.17. The van der Waals surface area contributed by atoms with Gasteiger partial charge in [-0.1, -0.05) is 30.0 Å². The highest BCUT2D eigenvalue weighted by atomic mass is 32.2. The van der Waals surface area contributed by atoms with Crippen LogP contribution in [0.4, 0.5) is 11.4 Å². The molecule has 190 valence electrons. The molecule has 3 aromatic carbocycles. The molecule has 9 nitrogen and oxygen atoms in total. The van der Waals surface area contributed by atoms with Crippen molar-refractivity contribution in [3.63, 3.8) is 0 Å². The van der Waals surface area contributed by atoms with Crippen LogP contribution in [0.2, 0.25) is 0 Å². The molecule has 2 aliphatic rings. The molecule has 0 aromatic heterocycles. The van der Waals surface area contributed by atoms with Crippen molar-refractivity contribution in [1.82, 2.24) is 4.90 Å². The van der Waals surface area contributed by atoms with Crippen molar-refractivity contribution in [3.8, 4) is 23.0 Å². The Bertz CT molecular complexity index is 1340. The predicted octanol–water partition coefficient (Wildman–Crippen LogP) is 4.59. The summed E-state index contributed by atoms with van der Waals surface area (Å²) in [6, 6.07) is 20.0. The summed E-state index contributed by atoms with van der Waals surface area (Å²) in [6.45, 7) is 0.451. The van der Waals surface area contributed by atoms with Crippen molar-refractivity contribution in [3.05, 3.63) is 72.3 Å². The molecule has 1 saturated heterocycles. The number of fused-ring (bicyclic) bond motifs is 1. The molecule has 1 fully saturated rings. The van der Waals surface area contributed by atoms with Crippen LogP contribution in [0.3, 0.4) is 0 Å². The molecule has 37 heavy (non-hydrogen) atoms. The molecule has 1 atom stereocenters. The van der Waals surface area contributed by atoms with Gasteiger partial charge in [-0.25, -0.2) is 4.99 Å². The lowest BCUT2D eigenvalue weighted by molar-refractivity contribution is -0.128. The Morgan fingerprint density at radius 2 is 1.84 bits per heavy atom. The first-order chi connectivity index (χ1) is 18.0. The zero-order valence-corrected chi connectivity index (χ0v) is 21.1. The first-order valence-corrected chi connectivity index (χ1v) is 12.4. The number of aliphatic imine (C=N–C) groups is 1. The summed E-state index contributed by atoms with van der Waals surface area (Å²) in [7, 11) is 3.14. The molecule has 10 heteroatoms. The SMILES string of the molecule is COc1ccc(N=C2S[C@H](CC(=O)Nc3ccccc3OC)C(=O)N2Cc2ccc3c(c2)OCO3)cc1. The van der Waals surface area contributed by atoms with E-state index in [9.17, 15) is 9.59 Å². The number of ether oxygens (including phenoxy) is 4. The first-order valence-electron chi connectivity index (χ1n) is 11.6. The van der Waals surface area contributed by atoms with Gasteiger partial charge in [0.25, 0.3) is 0 Å². The number of nitrogens with one attached hydrogen (secondary N) is 1. The normalized spacial score (nSPS) is 17.2. The molecule has 0 spiro atoms. The molecule has 0 radical (unpaired) electrons. The second-order valence-corrected chi connectivity index (χ2v) is 9.43. The van der Waals surface area contributed by atoms with Crippen LogP contribution in [0, 0.1) is 0 Å². The average molecular weight is 520 g/mol. The maximum Gasteiger partial charge on any atom is 0.242 e. The molecule has 2 amide bonds. The lowest BCUT2D eigenvalue weighted by atomic mass is 10.1. The Balaban J connectivity index is 1.37. The second kappa shape index (κ2) is 10.8. The van der Waals surface area contributed by atoms with E-state index in [0.29, 0.717) is 39.5 Å². The lowest BCUT2D eigenvalue weighted by Crippen LogP contribution is -2.33. The molecule has 0 unspecified atom stereocenters. The number of hydrogen-bond donors (Lipinski definition) is 1. The molecular weight excluding hydrogens is 494 g/mol. The number of nitrogens with zero attached hydrogens (tertiary/aromatic N) is 2. The number of amidine groups is 1. The number of carbonyl (C=O) groups excluding carboxylic acids is 2. The average Bonchev–Trinajstić information content (AvgIpc) is 3.49. The summed E-state index contributed by atoms with van der Waals surface area (Å²) >= 11 is 1.27. The Morgan fingerprint density at radius 1 is 1.05 bits per heavy atom. The number of benzene rings is 3. The standard InChI is InChI=1S/C27H25N3O6S/c1-33-19-10-8-18(9-11-19)28-27-30(15-17-7-12-22-23(13-17)36-16-35-22)26(32)24(37-27)14-25(31)29-20-5-3-4-6-21(20)34-2/h3-13,24H,14-16H2,1-2H3,(H,29,31)/t24-/m1/s1. The summed E-state index contributed by atoms with van der Waals surface area (Å²) in [5.74, 6) is 2.09. The second-order valence-electron chi connectivity index (χ2n) is 8.26. The van der Waals surface area contributed by atoms with Gasteiger partial charge >= 0.3 is 0 Å². The number of anilines is 1. The predicted molar refractivity (Wildman–Crippen MR) is 141 cm³/mol. The highest BCUT2D eigenvalue weighted by Crippen LogP contribution is 2.36. The van der Waals surface area contributed by atoms with Gasteiger partial charge < -0.3 is 24.3 Å². The number of para-hydroxylation sites is 2. The summed E-state index contributed by atoms with van der Waals surface area (Å²) in [6.07, 6.45) is -0.0131. The quantitative estimate of drug-likeness (QED) is 0.465. The molecule has 0 saturated carbocycles. The van der Waals surface area contributed by atoms with E-state index in [1.807, 2.05) is 36.4 Å². The van der Waals surface area contributed by atoms with Crippen LogP contribution < -0.4 is 24.3 Å². The van der Waals surface area contributed by atoms with Crippen LogP contribution in [0.15, 0.2) is 71.7 Å². The van der Waals surface area contributed by atoms with Gasteiger partial charge in [-0.05, 0) is 54.1 Å². The molecule has 3 aromatic rings. The van der Waals surface area contributed by atoms with Crippen molar-refractivity contribution in [2.24, 2.45) is 4.99 Å². The highest BCUT2D eigenvalue weighted by molar-refractivity contribution is 8.15. The number of amides is 2. The third-order valence-corrected chi connectivity index (χ3v) is 7.02. The van der Waals surface area contributed by atoms with Crippen LogP contribution >= 0.6 is 11.8 Å². The molecular formula is C27H25N3O6S. The molecule has 0 aliphatic carbocycles. The smallest absolute Gasteiger partial charge is 0.242 e. The highest BCUT2D eigenvalue weighted by Gasteiger charge is 2.39. The van der Waals surface area contributed by atoms with Gasteiger partial charge in [0.2, 0.25) is 18.6 Å². The van der Waals surface area contributed by atoms with Gasteiger partial charge in [-0.2, -0.15) is 0 Å². The maximum absolute atomic E-state index is 13.5. The van der Waals surface area contributed by atoms with E-state index < -0.39 is 5.25 Å². The van der Waals surface area contributed by atoms with Gasteiger partial charge in [-0.3, -0.25) is 14.5 Å². The summed E-state index contributed by atoms with van der Waals surface area (Å²) in [5, 5.41) is 2.74. The van der Waals surface area contributed by atoms with Crippen molar-refractivity contribution in [1.29, 1.82) is 0 Å². The number of hydrogen-bond acceptors (Lipinski definition) is 8. The molecule has 0 bridgehead atoms. The minimum absolute atomic E-state index is 0.0131. The van der Waals surface area contributed by atoms with E-state index in [-0.39, 0.29) is 31.6 Å². The van der Waals surface area contributed by atoms with E-state index in [1.54, 1.807) is 42.3 Å². The topological polar surface area (TPSA) is 98.7 Å². The minimum atomic E-state index is -0.624. The number of methoxy groups -OCH3 is 2. The Morgan fingerprint density at radius 3 is 2.62 bits per heavy atom. The van der Waals surface area contributed by atoms with Gasteiger partial charge in [0.1, 0.15) is 16.7 Å². The zero-order chi connectivity index (χ0) is 25.8. The van der Waals surface area contributed by atoms with Crippen molar-refractivity contribution in [2.75, 3.05) is 26.3 Å². The third-order valence-electron chi connectivity index (χ3n) is 5.85. The fraction of sp³-hybridized carbons (Fsp3) is 0.222. The number of thioether (sulfide) groups is 1. The van der Waals surface area contributed by atoms with E-state index in [2.05, 4.69) is 5.32 Å².